The lowest BCUT2D eigenvalue weighted by Crippen LogP contribution is -2.13. The third-order valence-electron chi connectivity index (χ3n) is 6.40. The number of rotatable bonds is 3. The van der Waals surface area contributed by atoms with Gasteiger partial charge in [-0.05, 0) is 69.0 Å². The van der Waals surface area contributed by atoms with Crippen molar-refractivity contribution in [2.24, 2.45) is 5.41 Å². The van der Waals surface area contributed by atoms with Crippen molar-refractivity contribution in [3.63, 3.8) is 0 Å². The molecule has 37 heavy (non-hydrogen) atoms. The molecule has 0 atom stereocenters. The Kier molecular flexibility index (Phi) is 6.67. The summed E-state index contributed by atoms with van der Waals surface area (Å²) in [6.45, 7) is 12.4. The van der Waals surface area contributed by atoms with Crippen LogP contribution in [0.3, 0.4) is 0 Å². The van der Waals surface area contributed by atoms with Crippen LogP contribution in [-0.2, 0) is 18.0 Å². The molecule has 0 fully saturated rings. The van der Waals surface area contributed by atoms with E-state index in [4.69, 9.17) is 0 Å². The molecule has 0 aliphatic carbocycles. The highest BCUT2D eigenvalue weighted by atomic mass is 19.4. The number of hydrogen-bond donors (Lipinski definition) is 0. The molecule has 1 aromatic heterocycles. The normalized spacial score (nSPS) is 12.5. The lowest BCUT2D eigenvalue weighted by molar-refractivity contribution is -0.137. The largest absolute Gasteiger partial charge is 0.417 e. The van der Waals surface area contributed by atoms with Crippen LogP contribution < -0.4 is 0 Å². The number of benzene rings is 3. The van der Waals surface area contributed by atoms with Gasteiger partial charge in [-0.25, -0.2) is 0 Å². The van der Waals surface area contributed by atoms with Gasteiger partial charge in [0.15, 0.2) is 0 Å². The first-order valence-corrected chi connectivity index (χ1v) is 12.3. The molecule has 3 aromatic carbocycles. The van der Waals surface area contributed by atoms with E-state index in [-0.39, 0.29) is 27.5 Å². The summed E-state index contributed by atoms with van der Waals surface area (Å²) in [7, 11) is 0. The SMILES string of the molecule is CC(C)(C)Cc1ccc(-c2cc(-c3cc(C(C)(C)C)c4ccccc4c3)ncc2C#N)c(C(F)(F)F)c1. The highest BCUT2D eigenvalue weighted by Crippen LogP contribution is 2.41. The number of halogens is 3. The van der Waals surface area contributed by atoms with E-state index in [1.54, 1.807) is 12.1 Å². The second-order valence-electron chi connectivity index (χ2n) is 11.8. The van der Waals surface area contributed by atoms with Crippen molar-refractivity contribution < 1.29 is 13.2 Å². The quantitative estimate of drug-likeness (QED) is 0.281. The molecule has 0 spiro atoms. The molecule has 0 aliphatic heterocycles. The van der Waals surface area contributed by atoms with E-state index in [2.05, 4.69) is 37.9 Å². The number of aromatic nitrogens is 1. The van der Waals surface area contributed by atoms with E-state index < -0.39 is 11.7 Å². The van der Waals surface area contributed by atoms with Gasteiger partial charge in [0, 0.05) is 17.3 Å². The molecule has 1 heterocycles. The van der Waals surface area contributed by atoms with Crippen molar-refractivity contribution >= 4 is 10.8 Å². The summed E-state index contributed by atoms with van der Waals surface area (Å²) in [6.07, 6.45) is -2.68. The number of fused-ring (bicyclic) bond motifs is 1. The van der Waals surface area contributed by atoms with Crippen LogP contribution in [0.1, 0.15) is 63.8 Å². The second-order valence-corrected chi connectivity index (χ2v) is 11.8. The third-order valence-corrected chi connectivity index (χ3v) is 6.40. The summed E-state index contributed by atoms with van der Waals surface area (Å²) in [5.74, 6) is 0. The highest BCUT2D eigenvalue weighted by molar-refractivity contribution is 5.91. The van der Waals surface area contributed by atoms with Gasteiger partial charge in [0.05, 0.1) is 16.8 Å². The van der Waals surface area contributed by atoms with Crippen molar-refractivity contribution in [1.82, 2.24) is 4.98 Å². The van der Waals surface area contributed by atoms with E-state index in [1.165, 1.54) is 18.3 Å². The van der Waals surface area contributed by atoms with Crippen LogP contribution in [-0.4, -0.2) is 4.98 Å². The Morgan fingerprint density at radius 3 is 2.14 bits per heavy atom. The molecule has 0 radical (unpaired) electrons. The molecule has 0 N–H and O–H groups in total. The summed E-state index contributed by atoms with van der Waals surface area (Å²) in [5, 5.41) is 11.9. The van der Waals surface area contributed by atoms with Gasteiger partial charge in [-0.15, -0.1) is 0 Å². The van der Waals surface area contributed by atoms with E-state index in [9.17, 15) is 18.4 Å². The zero-order chi connectivity index (χ0) is 27.2. The Morgan fingerprint density at radius 1 is 0.811 bits per heavy atom. The fraction of sp³-hybridized carbons (Fsp3) is 0.312. The number of pyridine rings is 1. The number of alkyl halides is 3. The monoisotopic (exact) mass is 500 g/mol. The van der Waals surface area contributed by atoms with Crippen molar-refractivity contribution in [2.45, 2.75) is 59.6 Å². The minimum Gasteiger partial charge on any atom is -0.255 e. The molecule has 4 aromatic rings. The molecule has 0 bridgehead atoms. The topological polar surface area (TPSA) is 36.7 Å². The first-order chi connectivity index (χ1) is 17.2. The Balaban J connectivity index is 1.94. The van der Waals surface area contributed by atoms with Gasteiger partial charge >= 0.3 is 6.18 Å². The Labute approximate surface area is 216 Å². The molecular formula is C32H31F3N2. The lowest BCUT2D eigenvalue weighted by atomic mass is 9.82. The number of hydrogen-bond acceptors (Lipinski definition) is 2. The van der Waals surface area contributed by atoms with E-state index >= 15 is 0 Å². The molecule has 2 nitrogen and oxygen atoms in total. The lowest BCUT2D eigenvalue weighted by Gasteiger charge is -2.23. The number of nitrogens with zero attached hydrogens (tertiary/aromatic N) is 2. The highest BCUT2D eigenvalue weighted by Gasteiger charge is 2.35. The van der Waals surface area contributed by atoms with Crippen LogP contribution in [0, 0.1) is 16.7 Å². The predicted molar refractivity (Wildman–Crippen MR) is 144 cm³/mol. The second kappa shape index (κ2) is 9.34. The van der Waals surface area contributed by atoms with Crippen LogP contribution in [0.25, 0.3) is 33.2 Å². The summed E-state index contributed by atoms with van der Waals surface area (Å²) >= 11 is 0. The van der Waals surface area contributed by atoms with Crippen LogP contribution in [0.4, 0.5) is 13.2 Å². The van der Waals surface area contributed by atoms with Crippen molar-refractivity contribution in [1.29, 1.82) is 5.26 Å². The predicted octanol–water partition coefficient (Wildman–Crippen LogP) is 9.35. The summed E-state index contributed by atoms with van der Waals surface area (Å²) < 4.78 is 42.8. The van der Waals surface area contributed by atoms with E-state index in [1.807, 2.05) is 51.1 Å². The maximum Gasteiger partial charge on any atom is 0.417 e. The van der Waals surface area contributed by atoms with Crippen molar-refractivity contribution in [3.05, 3.63) is 89.1 Å². The van der Waals surface area contributed by atoms with Gasteiger partial charge in [0.25, 0.3) is 0 Å². The zero-order valence-corrected chi connectivity index (χ0v) is 22.1. The first-order valence-electron chi connectivity index (χ1n) is 12.3. The molecule has 4 rings (SSSR count). The maximum absolute atomic E-state index is 14.3. The molecule has 190 valence electrons. The van der Waals surface area contributed by atoms with Gasteiger partial charge < -0.3 is 0 Å². The fourth-order valence-corrected chi connectivity index (χ4v) is 4.79. The van der Waals surface area contributed by atoms with Gasteiger partial charge in [0.1, 0.15) is 6.07 Å². The van der Waals surface area contributed by atoms with Gasteiger partial charge in [-0.1, -0.05) is 77.9 Å². The Morgan fingerprint density at radius 2 is 1.51 bits per heavy atom. The van der Waals surface area contributed by atoms with Crippen LogP contribution >= 0.6 is 0 Å². The smallest absolute Gasteiger partial charge is 0.255 e. The average Bonchev–Trinajstić information content (AvgIpc) is 2.80. The summed E-state index contributed by atoms with van der Waals surface area (Å²) in [5.41, 5.74) is 2.33. The molecule has 0 saturated heterocycles. The summed E-state index contributed by atoms with van der Waals surface area (Å²) in [4.78, 5) is 4.49. The van der Waals surface area contributed by atoms with E-state index in [0.717, 1.165) is 21.9 Å². The summed E-state index contributed by atoms with van der Waals surface area (Å²) in [6, 6.07) is 20.2. The zero-order valence-electron chi connectivity index (χ0n) is 22.1. The molecular weight excluding hydrogens is 469 g/mol. The Hall–Kier alpha value is -3.65. The van der Waals surface area contributed by atoms with Gasteiger partial charge in [0.2, 0.25) is 0 Å². The van der Waals surface area contributed by atoms with Gasteiger partial charge in [-0.3, -0.25) is 4.98 Å². The van der Waals surface area contributed by atoms with Crippen molar-refractivity contribution in [2.75, 3.05) is 0 Å². The first kappa shape index (κ1) is 26.4. The minimum atomic E-state index is -4.57. The standard InChI is InChI=1S/C32H31F3N2/c1-30(2,3)17-20-11-12-25(28(13-20)32(33,34)35)26-16-29(37-19-23(26)18-36)22-14-21-9-7-8-10-24(21)27(15-22)31(4,5)6/h7-16,19H,17H2,1-6H3. The minimum absolute atomic E-state index is 0.0119. The fourth-order valence-electron chi connectivity index (χ4n) is 4.79. The van der Waals surface area contributed by atoms with Crippen LogP contribution in [0.15, 0.2) is 66.9 Å². The average molecular weight is 501 g/mol. The van der Waals surface area contributed by atoms with Crippen LogP contribution in [0.2, 0.25) is 0 Å². The molecule has 0 amide bonds. The number of nitriles is 1. The van der Waals surface area contributed by atoms with Crippen LogP contribution in [0.5, 0.6) is 0 Å². The Bertz CT molecular complexity index is 1510. The van der Waals surface area contributed by atoms with Gasteiger partial charge in [-0.2, -0.15) is 18.4 Å². The van der Waals surface area contributed by atoms with Crippen molar-refractivity contribution in [3.8, 4) is 28.5 Å². The molecule has 0 saturated carbocycles. The molecule has 5 heteroatoms. The maximum atomic E-state index is 14.3. The third kappa shape index (κ3) is 5.69. The molecule has 0 aliphatic rings. The molecule has 0 unspecified atom stereocenters. The van der Waals surface area contributed by atoms with E-state index in [0.29, 0.717) is 17.7 Å².